The Hall–Kier alpha value is -2.17. The summed E-state index contributed by atoms with van der Waals surface area (Å²) in [7, 11) is 2.18. The van der Waals surface area contributed by atoms with Crippen LogP contribution < -0.4 is 0 Å². The van der Waals surface area contributed by atoms with Gasteiger partial charge in [0.25, 0.3) is 0 Å². The molecule has 0 atom stereocenters. The van der Waals surface area contributed by atoms with Gasteiger partial charge in [-0.05, 0) is 54.4 Å². The fourth-order valence-corrected chi connectivity index (χ4v) is 3.78. The van der Waals surface area contributed by atoms with Gasteiger partial charge in [0, 0.05) is 55.0 Å². The molecule has 4 rings (SSSR count). The van der Waals surface area contributed by atoms with Crippen LogP contribution in [0.2, 0.25) is 0 Å². The molecule has 1 aromatic carbocycles. The molecule has 0 aliphatic carbocycles. The summed E-state index contributed by atoms with van der Waals surface area (Å²) in [4.78, 5) is 6.48. The van der Waals surface area contributed by atoms with Crippen LogP contribution in [-0.2, 0) is 32.5 Å². The molecule has 0 bridgehead atoms. The predicted molar refractivity (Wildman–Crippen MR) is 95.8 cm³/mol. The molecule has 1 aliphatic heterocycles. The van der Waals surface area contributed by atoms with Crippen LogP contribution in [0.1, 0.15) is 22.4 Å². The zero-order chi connectivity index (χ0) is 16.5. The number of hydrogen-bond acceptors (Lipinski definition) is 3. The second kappa shape index (κ2) is 6.38. The van der Waals surface area contributed by atoms with Crippen molar-refractivity contribution in [2.24, 2.45) is 0 Å². The van der Waals surface area contributed by atoms with Gasteiger partial charge in [0.1, 0.15) is 0 Å². The summed E-state index contributed by atoms with van der Waals surface area (Å²) in [6.07, 6.45) is 5.82. The molecule has 0 saturated heterocycles. The summed E-state index contributed by atoms with van der Waals surface area (Å²) in [6, 6.07) is 10.6. The normalized spacial score (nSPS) is 14.9. The number of aryl methyl sites for hydroxylation is 2. The number of aliphatic hydroxyl groups is 1. The maximum Gasteiger partial charge on any atom is 0.0682 e. The van der Waals surface area contributed by atoms with Gasteiger partial charge in [0.2, 0.25) is 0 Å². The number of rotatable bonds is 4. The lowest BCUT2D eigenvalue weighted by Crippen LogP contribution is -2.27. The maximum atomic E-state index is 9.49. The van der Waals surface area contributed by atoms with Crippen LogP contribution >= 0.6 is 0 Å². The predicted octanol–water partition coefficient (Wildman–Crippen LogP) is 2.76. The molecule has 3 aromatic rings. The minimum Gasteiger partial charge on any atom is -0.392 e. The minimum absolute atomic E-state index is 0.0999. The number of nitrogens with zero attached hydrogens (tertiary/aromatic N) is 3. The lowest BCUT2D eigenvalue weighted by molar-refractivity contribution is 0.282. The fraction of sp³-hybridized carbons (Fsp3) is 0.350. The highest BCUT2D eigenvalue weighted by molar-refractivity contribution is 5.86. The van der Waals surface area contributed by atoms with Crippen molar-refractivity contribution in [3.8, 4) is 0 Å². The van der Waals surface area contributed by atoms with E-state index in [1.165, 1.54) is 27.7 Å². The van der Waals surface area contributed by atoms with Gasteiger partial charge in [0.15, 0.2) is 0 Å². The minimum atomic E-state index is 0.0999. The summed E-state index contributed by atoms with van der Waals surface area (Å²) in [5.74, 6) is 0. The van der Waals surface area contributed by atoms with Crippen LogP contribution in [-0.4, -0.2) is 33.1 Å². The van der Waals surface area contributed by atoms with E-state index in [4.69, 9.17) is 0 Å². The number of benzene rings is 1. The standard InChI is InChI=1S/C20H23N3O/c1-22-10-7-20-18(13-22)17-12-16(14-24)2-3-19(17)23(20)11-6-15-4-8-21-9-5-15/h2-5,8-9,12,24H,6-7,10-11,13-14H2,1H3. The van der Waals surface area contributed by atoms with Gasteiger partial charge in [-0.15, -0.1) is 0 Å². The van der Waals surface area contributed by atoms with Crippen molar-refractivity contribution in [2.45, 2.75) is 32.5 Å². The van der Waals surface area contributed by atoms with Gasteiger partial charge < -0.3 is 14.6 Å². The van der Waals surface area contributed by atoms with Gasteiger partial charge in [-0.1, -0.05) is 6.07 Å². The van der Waals surface area contributed by atoms with Crippen LogP contribution in [0.3, 0.4) is 0 Å². The molecule has 0 spiro atoms. The Kier molecular flexibility index (Phi) is 4.08. The maximum absolute atomic E-state index is 9.49. The molecule has 0 unspecified atom stereocenters. The SMILES string of the molecule is CN1CCc2c(c3cc(CO)ccc3n2CCc2ccncc2)C1. The zero-order valence-corrected chi connectivity index (χ0v) is 14.1. The number of likely N-dealkylation sites (N-methyl/N-ethyl adjacent to an activating group) is 1. The quantitative estimate of drug-likeness (QED) is 0.803. The Morgan fingerprint density at radius 3 is 2.75 bits per heavy atom. The Balaban J connectivity index is 1.76. The Labute approximate surface area is 142 Å². The Morgan fingerprint density at radius 2 is 1.96 bits per heavy atom. The lowest BCUT2D eigenvalue weighted by atomic mass is 10.0. The first-order valence-electron chi connectivity index (χ1n) is 8.57. The third kappa shape index (κ3) is 2.72. The van der Waals surface area contributed by atoms with Crippen molar-refractivity contribution < 1.29 is 5.11 Å². The number of aliphatic hydroxyl groups excluding tert-OH is 1. The lowest BCUT2D eigenvalue weighted by Gasteiger charge is -2.24. The molecule has 0 amide bonds. The van der Waals surface area contributed by atoms with Crippen molar-refractivity contribution in [1.29, 1.82) is 0 Å². The monoisotopic (exact) mass is 321 g/mol. The highest BCUT2D eigenvalue weighted by atomic mass is 16.3. The van der Waals surface area contributed by atoms with Crippen molar-refractivity contribution >= 4 is 10.9 Å². The number of pyridine rings is 1. The van der Waals surface area contributed by atoms with E-state index in [2.05, 4.69) is 45.8 Å². The van der Waals surface area contributed by atoms with Crippen molar-refractivity contribution in [3.63, 3.8) is 0 Å². The Bertz CT molecular complexity index is 854. The number of aromatic nitrogens is 2. The molecule has 1 aliphatic rings. The van der Waals surface area contributed by atoms with Crippen molar-refractivity contribution in [1.82, 2.24) is 14.5 Å². The van der Waals surface area contributed by atoms with Crippen LogP contribution in [0.5, 0.6) is 0 Å². The van der Waals surface area contributed by atoms with E-state index in [0.717, 1.165) is 38.0 Å². The first-order chi connectivity index (χ1) is 11.8. The molecule has 0 fully saturated rings. The summed E-state index contributed by atoms with van der Waals surface area (Å²) in [5, 5.41) is 10.8. The zero-order valence-electron chi connectivity index (χ0n) is 14.1. The third-order valence-electron chi connectivity index (χ3n) is 5.07. The van der Waals surface area contributed by atoms with Crippen LogP contribution in [0.4, 0.5) is 0 Å². The van der Waals surface area contributed by atoms with Gasteiger partial charge in [-0.3, -0.25) is 4.98 Å². The van der Waals surface area contributed by atoms with Crippen LogP contribution in [0.25, 0.3) is 10.9 Å². The molecule has 2 aromatic heterocycles. The van der Waals surface area contributed by atoms with E-state index >= 15 is 0 Å². The molecule has 24 heavy (non-hydrogen) atoms. The second-order valence-electron chi connectivity index (χ2n) is 6.68. The second-order valence-corrected chi connectivity index (χ2v) is 6.68. The summed E-state index contributed by atoms with van der Waals surface area (Å²) in [6.45, 7) is 3.18. The third-order valence-corrected chi connectivity index (χ3v) is 5.07. The number of fused-ring (bicyclic) bond motifs is 3. The first-order valence-corrected chi connectivity index (χ1v) is 8.57. The van der Waals surface area contributed by atoms with E-state index in [-0.39, 0.29) is 6.61 Å². The van der Waals surface area contributed by atoms with E-state index in [9.17, 15) is 5.11 Å². The topological polar surface area (TPSA) is 41.3 Å². The summed E-state index contributed by atoms with van der Waals surface area (Å²) >= 11 is 0. The van der Waals surface area contributed by atoms with E-state index in [0.29, 0.717) is 0 Å². The first kappa shape index (κ1) is 15.4. The molecule has 0 radical (unpaired) electrons. The number of hydrogen-bond donors (Lipinski definition) is 1. The van der Waals surface area contributed by atoms with Gasteiger partial charge in [-0.25, -0.2) is 0 Å². The van der Waals surface area contributed by atoms with Crippen LogP contribution in [0.15, 0.2) is 42.7 Å². The smallest absolute Gasteiger partial charge is 0.0682 e. The average Bonchev–Trinajstić information content (AvgIpc) is 2.93. The average molecular weight is 321 g/mol. The fourth-order valence-electron chi connectivity index (χ4n) is 3.78. The summed E-state index contributed by atoms with van der Waals surface area (Å²) < 4.78 is 2.49. The highest BCUT2D eigenvalue weighted by Gasteiger charge is 2.22. The summed E-state index contributed by atoms with van der Waals surface area (Å²) in [5.41, 5.74) is 6.50. The van der Waals surface area contributed by atoms with E-state index in [1.807, 2.05) is 18.5 Å². The Morgan fingerprint density at radius 1 is 1.12 bits per heavy atom. The van der Waals surface area contributed by atoms with Gasteiger partial charge in [0.05, 0.1) is 6.61 Å². The molecule has 1 N–H and O–H groups in total. The largest absolute Gasteiger partial charge is 0.392 e. The van der Waals surface area contributed by atoms with E-state index < -0.39 is 0 Å². The molecule has 4 nitrogen and oxygen atoms in total. The highest BCUT2D eigenvalue weighted by Crippen LogP contribution is 2.31. The molecule has 124 valence electrons. The van der Waals surface area contributed by atoms with Gasteiger partial charge in [-0.2, -0.15) is 0 Å². The molecular formula is C20H23N3O. The van der Waals surface area contributed by atoms with Gasteiger partial charge >= 0.3 is 0 Å². The molecule has 3 heterocycles. The molecule has 0 saturated carbocycles. The van der Waals surface area contributed by atoms with Crippen molar-refractivity contribution in [3.05, 3.63) is 65.1 Å². The van der Waals surface area contributed by atoms with E-state index in [1.54, 1.807) is 0 Å². The molecule has 4 heteroatoms. The van der Waals surface area contributed by atoms with Crippen LogP contribution in [0, 0.1) is 0 Å². The van der Waals surface area contributed by atoms with Crippen molar-refractivity contribution in [2.75, 3.05) is 13.6 Å². The molecular weight excluding hydrogens is 298 g/mol.